The summed E-state index contributed by atoms with van der Waals surface area (Å²) in [6, 6.07) is 15.5. The molecule has 7 nitrogen and oxygen atoms in total. The molecular weight excluding hydrogens is 635 g/mol. The number of ether oxygens (including phenoxy) is 2. The van der Waals surface area contributed by atoms with Crippen molar-refractivity contribution in [2.45, 2.75) is 103 Å². The van der Waals surface area contributed by atoms with Crippen LogP contribution >= 0.6 is 11.3 Å². The first-order chi connectivity index (χ1) is 23.4. The molecule has 3 aliphatic rings. The lowest BCUT2D eigenvalue weighted by Crippen LogP contribution is -2.54. The molecular formula is C41H53NO6S. The number of aryl methyl sites for hydroxylation is 1. The number of rotatable bonds is 10. The summed E-state index contributed by atoms with van der Waals surface area (Å²) in [7, 11) is 3.17. The monoisotopic (exact) mass is 687 g/mol. The van der Waals surface area contributed by atoms with E-state index in [9.17, 15) is 19.8 Å². The smallest absolute Gasteiger partial charge is 0.227 e. The Morgan fingerprint density at radius 1 is 1.00 bits per heavy atom. The van der Waals surface area contributed by atoms with E-state index in [0.29, 0.717) is 60.6 Å². The molecule has 4 unspecified atom stereocenters. The average Bonchev–Trinajstić information content (AvgIpc) is 3.62. The van der Waals surface area contributed by atoms with Gasteiger partial charge in [-0.1, -0.05) is 43.7 Å². The summed E-state index contributed by atoms with van der Waals surface area (Å²) in [4.78, 5) is 31.8. The van der Waals surface area contributed by atoms with Gasteiger partial charge in [-0.2, -0.15) is 0 Å². The third-order valence-corrected chi connectivity index (χ3v) is 12.0. The number of allylic oxidation sites excluding steroid dienone is 2. The number of aliphatic hydroxyl groups excluding tert-OH is 1. The second kappa shape index (κ2) is 15.6. The van der Waals surface area contributed by atoms with E-state index in [2.05, 4.69) is 39.0 Å². The summed E-state index contributed by atoms with van der Waals surface area (Å²) in [6.07, 6.45) is 7.30. The van der Waals surface area contributed by atoms with Gasteiger partial charge in [-0.25, -0.2) is 0 Å². The van der Waals surface area contributed by atoms with E-state index in [-0.39, 0.29) is 30.6 Å². The number of fused-ring (bicyclic) bond motifs is 8. The van der Waals surface area contributed by atoms with E-state index in [1.807, 2.05) is 48.2 Å². The Kier molecular flexibility index (Phi) is 11.7. The number of ketones is 1. The number of amides is 1. The van der Waals surface area contributed by atoms with E-state index in [1.165, 1.54) is 16.9 Å². The highest BCUT2D eigenvalue weighted by atomic mass is 32.1. The molecule has 2 N–H and O–H groups in total. The van der Waals surface area contributed by atoms with E-state index in [0.717, 1.165) is 40.8 Å². The van der Waals surface area contributed by atoms with Gasteiger partial charge in [0, 0.05) is 28.9 Å². The molecule has 6 rings (SSSR count). The minimum atomic E-state index is -1.17. The van der Waals surface area contributed by atoms with Crippen molar-refractivity contribution in [3.8, 4) is 11.5 Å². The maximum absolute atomic E-state index is 14.2. The number of methoxy groups -OCH3 is 2. The number of benzene rings is 2. The zero-order chi connectivity index (χ0) is 35.3. The van der Waals surface area contributed by atoms with Crippen LogP contribution in [0.5, 0.6) is 11.5 Å². The van der Waals surface area contributed by atoms with Gasteiger partial charge in [-0.3, -0.25) is 9.59 Å². The van der Waals surface area contributed by atoms with Crippen molar-refractivity contribution in [2.24, 2.45) is 5.41 Å². The van der Waals surface area contributed by atoms with Crippen LogP contribution in [0.25, 0.3) is 0 Å². The van der Waals surface area contributed by atoms with Gasteiger partial charge in [0.05, 0.1) is 37.2 Å². The Bertz CT molecular complexity index is 1680. The van der Waals surface area contributed by atoms with E-state index in [1.54, 1.807) is 14.2 Å². The molecule has 0 aliphatic heterocycles. The van der Waals surface area contributed by atoms with Crippen LogP contribution in [0.1, 0.15) is 108 Å². The van der Waals surface area contributed by atoms with Crippen molar-refractivity contribution >= 4 is 23.0 Å². The summed E-state index contributed by atoms with van der Waals surface area (Å²) >= 11 is 1.50. The highest BCUT2D eigenvalue weighted by Gasteiger charge is 2.57. The minimum absolute atomic E-state index is 0.0113. The predicted octanol–water partition coefficient (Wildman–Crippen LogP) is 7.82. The first-order valence-electron chi connectivity index (χ1n) is 17.7. The SMILES string of the molecule is CCCN(CC1(O)CCC2c3ccc(cc3C(=O)c3ccc(C)s3)CC(O)CCC(C)=CCCC21C)C(=O)Cc1ccc(OC)c(OC)c1. The van der Waals surface area contributed by atoms with Crippen molar-refractivity contribution in [1.29, 1.82) is 0 Å². The topological polar surface area (TPSA) is 96.3 Å². The molecule has 4 atom stereocenters. The van der Waals surface area contributed by atoms with Crippen LogP contribution in [-0.2, 0) is 17.6 Å². The van der Waals surface area contributed by atoms with Crippen LogP contribution in [0, 0.1) is 12.3 Å². The number of carbonyl (C=O) groups is 2. The molecule has 1 amide bonds. The zero-order valence-electron chi connectivity index (χ0n) is 30.0. The van der Waals surface area contributed by atoms with Crippen molar-refractivity contribution in [3.05, 3.63) is 92.2 Å². The van der Waals surface area contributed by atoms with Gasteiger partial charge in [0.15, 0.2) is 11.5 Å². The number of thiophene rings is 1. The second-order valence-corrected chi connectivity index (χ2v) is 15.7. The third kappa shape index (κ3) is 7.97. The number of hydrogen-bond acceptors (Lipinski definition) is 7. The second-order valence-electron chi connectivity index (χ2n) is 14.4. The summed E-state index contributed by atoms with van der Waals surface area (Å²) in [5.74, 6) is 1.03. The molecule has 1 saturated carbocycles. The Labute approximate surface area is 296 Å². The number of nitrogens with zero attached hydrogens (tertiary/aromatic N) is 1. The van der Waals surface area contributed by atoms with Gasteiger partial charge in [0.25, 0.3) is 0 Å². The zero-order valence-corrected chi connectivity index (χ0v) is 30.8. The summed E-state index contributed by atoms with van der Waals surface area (Å²) < 4.78 is 10.9. The van der Waals surface area contributed by atoms with Crippen molar-refractivity contribution in [3.63, 3.8) is 0 Å². The average molecular weight is 688 g/mol. The number of carbonyl (C=O) groups excluding carboxylic acids is 2. The Hall–Kier alpha value is -3.46. The van der Waals surface area contributed by atoms with Gasteiger partial charge in [-0.15, -0.1) is 11.3 Å². The lowest BCUT2D eigenvalue weighted by atomic mass is 9.64. The van der Waals surface area contributed by atoms with Crippen LogP contribution in [-0.4, -0.2) is 65.8 Å². The first-order valence-corrected chi connectivity index (χ1v) is 18.5. The third-order valence-electron chi connectivity index (χ3n) is 11.0. The molecule has 1 aromatic heterocycles. The van der Waals surface area contributed by atoms with Crippen molar-refractivity contribution in [1.82, 2.24) is 4.90 Å². The minimum Gasteiger partial charge on any atom is -0.493 e. The van der Waals surface area contributed by atoms with Crippen molar-refractivity contribution in [2.75, 3.05) is 27.3 Å². The molecule has 3 aromatic rings. The van der Waals surface area contributed by atoms with Gasteiger partial charge in [0.2, 0.25) is 11.7 Å². The fourth-order valence-corrected chi connectivity index (χ4v) is 8.86. The fraction of sp³-hybridized carbons (Fsp3) is 0.512. The van der Waals surface area contributed by atoms with E-state index in [4.69, 9.17) is 9.47 Å². The van der Waals surface area contributed by atoms with E-state index < -0.39 is 17.1 Å². The molecule has 2 aromatic carbocycles. The van der Waals surface area contributed by atoms with Gasteiger partial charge in [0.1, 0.15) is 0 Å². The van der Waals surface area contributed by atoms with Crippen LogP contribution in [0.4, 0.5) is 0 Å². The quantitative estimate of drug-likeness (QED) is 0.167. The highest BCUT2D eigenvalue weighted by Crippen LogP contribution is 2.59. The predicted molar refractivity (Wildman–Crippen MR) is 196 cm³/mol. The lowest BCUT2D eigenvalue weighted by Gasteiger charge is -2.46. The highest BCUT2D eigenvalue weighted by molar-refractivity contribution is 7.14. The van der Waals surface area contributed by atoms with Crippen molar-refractivity contribution < 1.29 is 29.3 Å². The summed E-state index contributed by atoms with van der Waals surface area (Å²) in [6.45, 7) is 9.10. The molecule has 264 valence electrons. The Morgan fingerprint density at radius 3 is 2.47 bits per heavy atom. The number of aliphatic hydroxyl groups is 2. The molecule has 0 spiro atoms. The largest absolute Gasteiger partial charge is 0.493 e. The molecule has 49 heavy (non-hydrogen) atoms. The molecule has 8 heteroatoms. The molecule has 2 bridgehead atoms. The van der Waals surface area contributed by atoms with Gasteiger partial charge >= 0.3 is 0 Å². The molecule has 1 heterocycles. The summed E-state index contributed by atoms with van der Waals surface area (Å²) in [5.41, 5.74) is 2.81. The Morgan fingerprint density at radius 2 is 1.78 bits per heavy atom. The maximum Gasteiger partial charge on any atom is 0.227 e. The van der Waals surface area contributed by atoms with Gasteiger partial charge < -0.3 is 24.6 Å². The fourth-order valence-electron chi connectivity index (χ4n) is 8.04. The standard InChI is InChI=1S/C41H53NO6S/c1-7-21-42(38(44)25-30-13-16-35(47-5)36(24-30)48-6)26-41(46)20-18-34-32-15-12-29(23-33(32)39(45)37-17-11-28(3)49-37)22-31(43)14-10-27(2)9-8-19-40(34,41)4/h9,11-13,15-17,23-24,31,34,43,46H,7-8,10,14,18-22,25-26H2,1-6H3. The first kappa shape index (κ1) is 36.8. The van der Waals surface area contributed by atoms with Crippen LogP contribution in [0.3, 0.4) is 0 Å². The number of hydrogen-bond donors (Lipinski definition) is 2. The molecule has 0 saturated heterocycles. The molecule has 0 radical (unpaired) electrons. The van der Waals surface area contributed by atoms with E-state index >= 15 is 0 Å². The lowest BCUT2D eigenvalue weighted by molar-refractivity contribution is -0.139. The van der Waals surface area contributed by atoms with Gasteiger partial charge in [-0.05, 0) is 118 Å². The summed E-state index contributed by atoms with van der Waals surface area (Å²) in [5, 5.41) is 23.8. The van der Waals surface area contributed by atoms with Crippen LogP contribution in [0.15, 0.2) is 60.2 Å². The molecule has 1 fully saturated rings. The van der Waals surface area contributed by atoms with Crippen LogP contribution < -0.4 is 9.47 Å². The van der Waals surface area contributed by atoms with Crippen LogP contribution in [0.2, 0.25) is 0 Å². The molecule has 3 aliphatic carbocycles. The normalized spacial score (nSPS) is 24.1. The Balaban J connectivity index is 1.53. The maximum atomic E-state index is 14.2.